The van der Waals surface area contributed by atoms with Crippen molar-refractivity contribution in [2.45, 2.75) is 19.9 Å². The summed E-state index contributed by atoms with van der Waals surface area (Å²) in [6.07, 6.45) is 0. The Balaban J connectivity index is 2.06. The van der Waals surface area contributed by atoms with Gasteiger partial charge in [0.2, 0.25) is 5.91 Å². The van der Waals surface area contributed by atoms with E-state index in [9.17, 15) is 4.79 Å². The van der Waals surface area contributed by atoms with Crippen molar-refractivity contribution in [3.05, 3.63) is 22.7 Å². The monoisotopic (exact) mass is 311 g/mol. The Hall–Kier alpha value is -1.30. The Bertz CT molecular complexity index is 518. The quantitative estimate of drug-likeness (QED) is 0.811. The van der Waals surface area contributed by atoms with Crippen molar-refractivity contribution in [3.63, 3.8) is 0 Å². The van der Waals surface area contributed by atoms with Crippen LogP contribution >= 0.6 is 11.6 Å². The molecule has 0 radical (unpaired) electrons. The summed E-state index contributed by atoms with van der Waals surface area (Å²) in [5.41, 5.74) is 1.63. The van der Waals surface area contributed by atoms with Gasteiger partial charge in [0.1, 0.15) is 18.4 Å². The minimum absolute atomic E-state index is 0.0659. The number of nitrogens with one attached hydrogen (secondary N) is 2. The maximum absolute atomic E-state index is 11.8. The fourth-order valence-electron chi connectivity index (χ4n) is 2.48. The lowest BCUT2D eigenvalue weighted by Gasteiger charge is -2.18. The summed E-state index contributed by atoms with van der Waals surface area (Å²) in [5, 5.41) is 6.34. The number of rotatable bonds is 7. The molecule has 0 saturated carbocycles. The van der Waals surface area contributed by atoms with Gasteiger partial charge in [0.05, 0.1) is 5.02 Å². The van der Waals surface area contributed by atoms with Crippen LogP contribution in [-0.4, -0.2) is 44.1 Å². The van der Waals surface area contributed by atoms with Gasteiger partial charge >= 0.3 is 0 Å². The van der Waals surface area contributed by atoms with Gasteiger partial charge in [-0.1, -0.05) is 25.4 Å². The van der Waals surface area contributed by atoms with Gasteiger partial charge in [0, 0.05) is 23.9 Å². The Kier molecular flexibility index (Phi) is 5.45. The second-order valence-electron chi connectivity index (χ2n) is 4.96. The van der Waals surface area contributed by atoms with E-state index in [-0.39, 0.29) is 11.9 Å². The number of amides is 1. The molecule has 1 amide bonds. The highest BCUT2D eigenvalue weighted by atomic mass is 35.5. The normalized spacial score (nSPS) is 17.0. The molecular weight excluding hydrogens is 290 g/mol. The number of benzene rings is 1. The molecule has 6 heteroatoms. The van der Waals surface area contributed by atoms with Crippen LogP contribution in [0.2, 0.25) is 5.02 Å². The zero-order valence-electron chi connectivity index (χ0n) is 12.7. The average Bonchev–Trinajstić information content (AvgIpc) is 2.78. The van der Waals surface area contributed by atoms with Crippen LogP contribution in [0.5, 0.6) is 5.75 Å². The van der Waals surface area contributed by atoms with Gasteiger partial charge in [0.15, 0.2) is 0 Å². The number of carbonyl (C=O) groups is 1. The second kappa shape index (κ2) is 7.11. The molecule has 0 fully saturated rings. The molecular formula is C15H22ClN3O2. The molecule has 116 valence electrons. The summed E-state index contributed by atoms with van der Waals surface area (Å²) in [7, 11) is 1.75. The number of hydrogen-bond acceptors (Lipinski definition) is 4. The molecule has 0 spiro atoms. The van der Waals surface area contributed by atoms with Crippen LogP contribution in [0.15, 0.2) is 12.1 Å². The van der Waals surface area contributed by atoms with E-state index in [1.165, 1.54) is 0 Å². The Labute approximate surface area is 130 Å². The fraction of sp³-hybridized carbons (Fsp3) is 0.533. The summed E-state index contributed by atoms with van der Waals surface area (Å²) in [6, 6.07) is 3.25. The van der Waals surface area contributed by atoms with Crippen molar-refractivity contribution in [1.29, 1.82) is 0 Å². The van der Waals surface area contributed by atoms with E-state index in [4.69, 9.17) is 16.3 Å². The molecule has 1 aliphatic heterocycles. The molecule has 0 aromatic heterocycles. The standard InChI is InChI=1S/C15H22ClN3O2/c1-4-19(5-2)6-7-21-13-9-12-10(8-11(13)16)14(17-3)15(20)18-12/h8-9,14,17H,4-7H2,1-3H3,(H,18,20). The van der Waals surface area contributed by atoms with Crippen LogP contribution in [0.4, 0.5) is 5.69 Å². The number of anilines is 1. The lowest BCUT2D eigenvalue weighted by Crippen LogP contribution is -2.27. The number of ether oxygens (including phenoxy) is 1. The minimum atomic E-state index is -0.345. The molecule has 1 aromatic rings. The Morgan fingerprint density at radius 1 is 1.38 bits per heavy atom. The van der Waals surface area contributed by atoms with E-state index in [2.05, 4.69) is 29.4 Å². The van der Waals surface area contributed by atoms with E-state index < -0.39 is 0 Å². The average molecular weight is 312 g/mol. The van der Waals surface area contributed by atoms with Gasteiger partial charge in [-0.2, -0.15) is 0 Å². The molecule has 0 bridgehead atoms. The van der Waals surface area contributed by atoms with Gasteiger partial charge in [-0.3, -0.25) is 4.79 Å². The van der Waals surface area contributed by atoms with Gasteiger partial charge in [-0.05, 0) is 26.2 Å². The molecule has 2 N–H and O–H groups in total. The van der Waals surface area contributed by atoms with Gasteiger partial charge < -0.3 is 20.3 Å². The third kappa shape index (κ3) is 3.48. The number of likely N-dealkylation sites (N-methyl/N-ethyl adjacent to an activating group) is 2. The number of hydrogen-bond donors (Lipinski definition) is 2. The first-order chi connectivity index (χ1) is 10.1. The number of fused-ring (bicyclic) bond motifs is 1. The lowest BCUT2D eigenvalue weighted by atomic mass is 10.1. The molecule has 1 aliphatic rings. The lowest BCUT2D eigenvalue weighted by molar-refractivity contribution is -0.117. The minimum Gasteiger partial charge on any atom is -0.491 e. The van der Waals surface area contributed by atoms with Crippen molar-refractivity contribution >= 4 is 23.2 Å². The van der Waals surface area contributed by atoms with Crippen LogP contribution in [0, 0.1) is 0 Å². The molecule has 1 heterocycles. The first-order valence-electron chi connectivity index (χ1n) is 7.27. The maximum atomic E-state index is 11.8. The summed E-state index contributed by atoms with van der Waals surface area (Å²) in [4.78, 5) is 14.1. The van der Waals surface area contributed by atoms with Crippen LogP contribution in [0.3, 0.4) is 0 Å². The Morgan fingerprint density at radius 3 is 2.71 bits per heavy atom. The first kappa shape index (κ1) is 16.1. The van der Waals surface area contributed by atoms with Crippen LogP contribution < -0.4 is 15.4 Å². The maximum Gasteiger partial charge on any atom is 0.246 e. The molecule has 21 heavy (non-hydrogen) atoms. The van der Waals surface area contributed by atoms with Gasteiger partial charge in [0.25, 0.3) is 0 Å². The first-order valence-corrected chi connectivity index (χ1v) is 7.65. The number of nitrogens with zero attached hydrogens (tertiary/aromatic N) is 1. The van der Waals surface area contributed by atoms with E-state index in [1.54, 1.807) is 19.2 Å². The molecule has 1 aromatic carbocycles. The third-order valence-electron chi connectivity index (χ3n) is 3.78. The molecule has 5 nitrogen and oxygen atoms in total. The zero-order chi connectivity index (χ0) is 15.4. The van der Waals surface area contributed by atoms with Crippen molar-refractivity contribution in [2.24, 2.45) is 0 Å². The Morgan fingerprint density at radius 2 is 2.10 bits per heavy atom. The highest BCUT2D eigenvalue weighted by Gasteiger charge is 2.30. The second-order valence-corrected chi connectivity index (χ2v) is 5.36. The summed E-state index contributed by atoms with van der Waals surface area (Å²) < 4.78 is 5.76. The van der Waals surface area contributed by atoms with Crippen LogP contribution in [0.1, 0.15) is 25.5 Å². The predicted molar refractivity (Wildman–Crippen MR) is 85.2 cm³/mol. The smallest absolute Gasteiger partial charge is 0.246 e. The molecule has 1 unspecified atom stereocenters. The van der Waals surface area contributed by atoms with E-state index in [0.717, 1.165) is 30.9 Å². The summed E-state index contributed by atoms with van der Waals surface area (Å²) in [5.74, 6) is 0.545. The van der Waals surface area contributed by atoms with Crippen molar-refractivity contribution < 1.29 is 9.53 Å². The zero-order valence-corrected chi connectivity index (χ0v) is 13.5. The van der Waals surface area contributed by atoms with Crippen LogP contribution in [-0.2, 0) is 4.79 Å². The molecule has 0 saturated heterocycles. The molecule has 1 atom stereocenters. The largest absolute Gasteiger partial charge is 0.491 e. The topological polar surface area (TPSA) is 53.6 Å². The van der Waals surface area contributed by atoms with E-state index in [1.807, 2.05) is 0 Å². The van der Waals surface area contributed by atoms with Crippen molar-refractivity contribution in [2.75, 3.05) is 38.6 Å². The van der Waals surface area contributed by atoms with Crippen molar-refractivity contribution in [3.8, 4) is 5.75 Å². The predicted octanol–water partition coefficient (Wildman–Crippen LogP) is 2.27. The highest BCUT2D eigenvalue weighted by molar-refractivity contribution is 6.32. The SMILES string of the molecule is CCN(CC)CCOc1cc2c(cc1Cl)C(NC)C(=O)N2. The number of carbonyl (C=O) groups excluding carboxylic acids is 1. The third-order valence-corrected chi connectivity index (χ3v) is 4.08. The fourth-order valence-corrected chi connectivity index (χ4v) is 2.71. The molecule has 2 rings (SSSR count). The molecule has 0 aliphatic carbocycles. The van der Waals surface area contributed by atoms with Gasteiger partial charge in [-0.15, -0.1) is 0 Å². The van der Waals surface area contributed by atoms with Crippen molar-refractivity contribution in [1.82, 2.24) is 10.2 Å². The van der Waals surface area contributed by atoms with E-state index in [0.29, 0.717) is 17.4 Å². The summed E-state index contributed by atoms with van der Waals surface area (Å²) in [6.45, 7) is 7.67. The van der Waals surface area contributed by atoms with E-state index >= 15 is 0 Å². The summed E-state index contributed by atoms with van der Waals surface area (Å²) >= 11 is 6.26. The highest BCUT2D eigenvalue weighted by Crippen LogP contribution is 2.38. The van der Waals surface area contributed by atoms with Crippen LogP contribution in [0.25, 0.3) is 0 Å². The van der Waals surface area contributed by atoms with Gasteiger partial charge in [-0.25, -0.2) is 0 Å². The number of halogens is 1.